The van der Waals surface area contributed by atoms with Gasteiger partial charge in [-0.05, 0) is 25.1 Å². The predicted molar refractivity (Wildman–Crippen MR) is 111 cm³/mol. The van der Waals surface area contributed by atoms with Gasteiger partial charge in [0.05, 0.1) is 6.42 Å². The zero-order chi connectivity index (χ0) is 19.8. The summed E-state index contributed by atoms with van der Waals surface area (Å²) in [7, 11) is -2.10. The molecule has 4 nitrogen and oxygen atoms in total. The number of aliphatic carboxylic acids is 1. The highest BCUT2D eigenvalue weighted by Gasteiger charge is 2.36. The van der Waals surface area contributed by atoms with E-state index < -0.39 is 14.3 Å². The molecule has 0 bridgehead atoms. The number of unbranched alkanes of at least 4 members (excludes halogenated alkanes) is 6. The second-order valence-electron chi connectivity index (χ2n) is 7.42. The minimum Gasteiger partial charge on any atom is -0.519 e. The van der Waals surface area contributed by atoms with Crippen LogP contribution in [0.15, 0.2) is 11.6 Å². The van der Waals surface area contributed by atoms with E-state index in [1.165, 1.54) is 51.5 Å². The summed E-state index contributed by atoms with van der Waals surface area (Å²) in [4.78, 5) is 23.4. The van der Waals surface area contributed by atoms with E-state index in [1.807, 2.05) is 0 Å². The molecule has 0 atom stereocenters. The molecular weight excluding hydrogens is 344 g/mol. The molecule has 26 heavy (non-hydrogen) atoms. The van der Waals surface area contributed by atoms with Gasteiger partial charge in [-0.25, -0.2) is 4.79 Å². The first-order chi connectivity index (χ1) is 12.4. The molecule has 0 unspecified atom stereocenters. The number of rotatable bonds is 16. The minimum atomic E-state index is -2.10. The predicted octanol–water partition coefficient (Wildman–Crippen LogP) is 6.47. The van der Waals surface area contributed by atoms with Crippen LogP contribution in [0.25, 0.3) is 0 Å². The Morgan fingerprint density at radius 2 is 1.27 bits per heavy atom. The Labute approximate surface area is 161 Å². The van der Waals surface area contributed by atoms with E-state index in [4.69, 9.17) is 9.53 Å². The van der Waals surface area contributed by atoms with Crippen molar-refractivity contribution in [1.82, 2.24) is 0 Å². The van der Waals surface area contributed by atoms with E-state index in [0.717, 1.165) is 37.4 Å². The molecule has 0 heterocycles. The van der Waals surface area contributed by atoms with Gasteiger partial charge in [0, 0.05) is 5.57 Å². The van der Waals surface area contributed by atoms with Gasteiger partial charge in [-0.15, -0.1) is 0 Å². The monoisotopic (exact) mass is 384 g/mol. The summed E-state index contributed by atoms with van der Waals surface area (Å²) in [6.45, 7) is 8.11. The van der Waals surface area contributed by atoms with Gasteiger partial charge in [-0.3, -0.25) is 4.79 Å². The summed E-state index contributed by atoms with van der Waals surface area (Å²) in [6.07, 6.45) is 12.0. The summed E-state index contributed by atoms with van der Waals surface area (Å²) in [6, 6.07) is 3.17. The lowest BCUT2D eigenvalue weighted by molar-refractivity contribution is -0.134. The third-order valence-corrected chi connectivity index (χ3v) is 9.41. The van der Waals surface area contributed by atoms with Gasteiger partial charge in [0.1, 0.15) is 0 Å². The lowest BCUT2D eigenvalue weighted by Crippen LogP contribution is -2.40. The standard InChI is InChI=1S/C21H40O4Si/c1-5-8-11-16-26(17-12-9-6-2,18-13-10-7-3)25-20(22)15-14-19(4)21(23)24/h14H,5-13,15-18H2,1-4H3,(H,23,24). The molecule has 0 saturated carbocycles. The molecular formula is C21H40O4Si. The zero-order valence-electron chi connectivity index (χ0n) is 17.4. The first kappa shape index (κ1) is 24.9. The van der Waals surface area contributed by atoms with Gasteiger partial charge < -0.3 is 9.53 Å². The van der Waals surface area contributed by atoms with Gasteiger partial charge in [0.2, 0.25) is 0 Å². The van der Waals surface area contributed by atoms with Crippen LogP contribution in [0.3, 0.4) is 0 Å². The summed E-state index contributed by atoms with van der Waals surface area (Å²) in [5, 5.41) is 8.95. The van der Waals surface area contributed by atoms with Crippen LogP contribution in [0.4, 0.5) is 0 Å². The van der Waals surface area contributed by atoms with Crippen LogP contribution in [0, 0.1) is 0 Å². The third-order valence-electron chi connectivity index (χ3n) is 4.95. The van der Waals surface area contributed by atoms with Gasteiger partial charge >= 0.3 is 5.97 Å². The molecule has 1 N–H and O–H groups in total. The Kier molecular flexibility index (Phi) is 14.4. The third kappa shape index (κ3) is 11.5. The Morgan fingerprint density at radius 3 is 1.62 bits per heavy atom. The van der Waals surface area contributed by atoms with Crippen LogP contribution in [-0.4, -0.2) is 25.4 Å². The van der Waals surface area contributed by atoms with Crippen molar-refractivity contribution in [3.63, 3.8) is 0 Å². The maximum atomic E-state index is 12.5. The van der Waals surface area contributed by atoms with Crippen molar-refractivity contribution in [2.45, 2.75) is 110 Å². The van der Waals surface area contributed by atoms with Crippen LogP contribution in [0.1, 0.15) is 91.9 Å². The van der Waals surface area contributed by atoms with E-state index in [-0.39, 0.29) is 18.0 Å². The van der Waals surface area contributed by atoms with Crippen LogP contribution >= 0.6 is 0 Å². The summed E-state index contributed by atoms with van der Waals surface area (Å²) in [5.41, 5.74) is 0.206. The van der Waals surface area contributed by atoms with Crippen molar-refractivity contribution in [3.8, 4) is 0 Å². The molecule has 0 aromatic carbocycles. The second kappa shape index (κ2) is 15.0. The van der Waals surface area contributed by atoms with Crippen LogP contribution in [0.2, 0.25) is 18.1 Å². The van der Waals surface area contributed by atoms with Crippen molar-refractivity contribution >= 4 is 20.3 Å². The molecule has 0 aromatic rings. The van der Waals surface area contributed by atoms with E-state index in [1.54, 1.807) is 0 Å². The van der Waals surface area contributed by atoms with Crippen LogP contribution in [0.5, 0.6) is 0 Å². The highest BCUT2D eigenvalue weighted by molar-refractivity contribution is 6.75. The summed E-state index contributed by atoms with van der Waals surface area (Å²) in [5.74, 6) is -1.21. The fourth-order valence-corrected chi connectivity index (χ4v) is 7.53. The van der Waals surface area contributed by atoms with Crippen LogP contribution < -0.4 is 0 Å². The quantitative estimate of drug-likeness (QED) is 0.188. The van der Waals surface area contributed by atoms with Crippen molar-refractivity contribution in [3.05, 3.63) is 11.6 Å². The molecule has 0 aliphatic carbocycles. The Bertz CT molecular complexity index is 405. The van der Waals surface area contributed by atoms with Gasteiger partial charge in [0.15, 0.2) is 0 Å². The number of carboxylic acids is 1. The fraction of sp³-hybridized carbons (Fsp3) is 0.810. The number of carboxylic acid groups (broad SMARTS) is 1. The molecule has 0 spiro atoms. The fourth-order valence-electron chi connectivity index (χ4n) is 3.23. The molecule has 0 aliphatic rings. The average molecular weight is 385 g/mol. The molecule has 5 heteroatoms. The summed E-state index contributed by atoms with van der Waals surface area (Å²) < 4.78 is 6.17. The number of hydrogen-bond donors (Lipinski definition) is 1. The molecule has 0 aromatic heterocycles. The Balaban J connectivity index is 5.08. The smallest absolute Gasteiger partial charge is 0.330 e. The van der Waals surface area contributed by atoms with Gasteiger partial charge in [-0.2, -0.15) is 0 Å². The molecule has 152 valence electrons. The van der Waals surface area contributed by atoms with E-state index in [9.17, 15) is 9.59 Å². The zero-order valence-corrected chi connectivity index (χ0v) is 18.4. The van der Waals surface area contributed by atoms with Gasteiger partial charge in [-0.1, -0.05) is 84.6 Å². The molecule has 0 aliphatic heterocycles. The lowest BCUT2D eigenvalue weighted by Gasteiger charge is -2.31. The molecule has 0 saturated heterocycles. The average Bonchev–Trinajstić information content (AvgIpc) is 2.60. The number of carbonyl (C=O) groups is 2. The van der Waals surface area contributed by atoms with E-state index >= 15 is 0 Å². The molecule has 0 rings (SSSR count). The first-order valence-electron chi connectivity index (χ1n) is 10.5. The van der Waals surface area contributed by atoms with Gasteiger partial charge in [0.25, 0.3) is 14.3 Å². The van der Waals surface area contributed by atoms with Crippen molar-refractivity contribution in [1.29, 1.82) is 0 Å². The second-order valence-corrected chi connectivity index (χ2v) is 11.5. The first-order valence-corrected chi connectivity index (χ1v) is 13.1. The highest BCUT2D eigenvalue weighted by Crippen LogP contribution is 2.31. The summed E-state index contributed by atoms with van der Waals surface area (Å²) >= 11 is 0. The molecule has 0 amide bonds. The SMILES string of the molecule is CCCCC[Si](CCCCC)(CCCCC)OC(=O)CC=C(C)C(=O)O. The topological polar surface area (TPSA) is 63.6 Å². The molecule has 0 fully saturated rings. The Hall–Kier alpha value is -1.10. The number of carbonyl (C=O) groups excluding carboxylic acids is 1. The van der Waals surface area contributed by atoms with Crippen molar-refractivity contribution in [2.24, 2.45) is 0 Å². The maximum Gasteiger partial charge on any atom is 0.330 e. The lowest BCUT2D eigenvalue weighted by atomic mass is 10.2. The Morgan fingerprint density at radius 1 is 0.846 bits per heavy atom. The molecule has 0 radical (unpaired) electrons. The van der Waals surface area contributed by atoms with Crippen molar-refractivity contribution < 1.29 is 19.1 Å². The van der Waals surface area contributed by atoms with Crippen LogP contribution in [-0.2, 0) is 14.0 Å². The normalized spacial score (nSPS) is 12.2. The van der Waals surface area contributed by atoms with E-state index in [0.29, 0.717) is 0 Å². The minimum absolute atomic E-state index is 0.0716. The van der Waals surface area contributed by atoms with Crippen molar-refractivity contribution in [2.75, 3.05) is 0 Å². The maximum absolute atomic E-state index is 12.5. The van der Waals surface area contributed by atoms with E-state index in [2.05, 4.69) is 20.8 Å². The highest BCUT2D eigenvalue weighted by atomic mass is 28.4. The number of hydrogen-bond acceptors (Lipinski definition) is 3. The largest absolute Gasteiger partial charge is 0.519 e.